The minimum Gasteiger partial charge on any atom is -0.508 e. The van der Waals surface area contributed by atoms with Crippen LogP contribution in [0.4, 0.5) is 0 Å². The third-order valence-corrected chi connectivity index (χ3v) is 3.07. The molecule has 1 heterocycles. The molecular weight excluding hydrogens is 240 g/mol. The molecule has 2 rings (SSSR count). The van der Waals surface area contributed by atoms with Crippen LogP contribution >= 0.6 is 0 Å². The molecule has 1 unspecified atom stereocenters. The van der Waals surface area contributed by atoms with Crippen molar-refractivity contribution < 1.29 is 10.2 Å². The van der Waals surface area contributed by atoms with Gasteiger partial charge >= 0.3 is 0 Å². The van der Waals surface area contributed by atoms with Gasteiger partial charge in [0.1, 0.15) is 11.5 Å². The Hall–Kier alpha value is -2.07. The van der Waals surface area contributed by atoms with E-state index in [4.69, 9.17) is 0 Å². The number of phenolic OH excluding ortho intramolecular Hbond substituents is 2. The van der Waals surface area contributed by atoms with Crippen molar-refractivity contribution in [2.45, 2.75) is 26.4 Å². The highest BCUT2D eigenvalue weighted by Crippen LogP contribution is 2.27. The zero-order valence-electron chi connectivity index (χ0n) is 11.1. The fraction of sp³-hybridized carbons (Fsp3) is 0.267. The molecule has 100 valence electrons. The summed E-state index contributed by atoms with van der Waals surface area (Å²) in [6.45, 7) is 4.59. The molecule has 0 aliphatic heterocycles. The molecule has 0 aliphatic carbocycles. The fourth-order valence-electron chi connectivity index (χ4n) is 1.88. The van der Waals surface area contributed by atoms with Crippen LogP contribution < -0.4 is 5.32 Å². The van der Waals surface area contributed by atoms with E-state index in [1.54, 1.807) is 12.1 Å². The molecule has 0 radical (unpaired) electrons. The number of nitrogens with one attached hydrogen (secondary N) is 1. The maximum absolute atomic E-state index is 9.78. The standard InChI is InChI=1S/C15H18N2O2/c1-10-3-4-12(8-16-10)9-17-11(2)14-6-5-13(18)7-15(14)19/h3-8,11,17-19H,9H2,1-2H3. The third kappa shape index (κ3) is 3.45. The maximum atomic E-state index is 9.78. The van der Waals surface area contributed by atoms with E-state index in [1.165, 1.54) is 6.07 Å². The number of aryl methyl sites for hydroxylation is 1. The summed E-state index contributed by atoms with van der Waals surface area (Å²) in [6, 6.07) is 8.62. The Morgan fingerprint density at radius 1 is 1.21 bits per heavy atom. The number of hydrogen-bond acceptors (Lipinski definition) is 4. The summed E-state index contributed by atoms with van der Waals surface area (Å²) in [5, 5.41) is 22.4. The summed E-state index contributed by atoms with van der Waals surface area (Å²) in [4.78, 5) is 4.24. The van der Waals surface area contributed by atoms with Crippen LogP contribution in [0.3, 0.4) is 0 Å². The van der Waals surface area contributed by atoms with Crippen molar-refractivity contribution in [1.29, 1.82) is 0 Å². The monoisotopic (exact) mass is 258 g/mol. The Labute approximate surface area is 112 Å². The van der Waals surface area contributed by atoms with E-state index in [2.05, 4.69) is 10.3 Å². The first-order chi connectivity index (χ1) is 9.06. The van der Waals surface area contributed by atoms with Crippen LogP contribution in [-0.2, 0) is 6.54 Å². The highest BCUT2D eigenvalue weighted by atomic mass is 16.3. The zero-order valence-corrected chi connectivity index (χ0v) is 11.1. The Balaban J connectivity index is 2.01. The topological polar surface area (TPSA) is 65.4 Å². The molecule has 0 fully saturated rings. The second-order valence-corrected chi connectivity index (χ2v) is 4.65. The summed E-state index contributed by atoms with van der Waals surface area (Å²) in [5.41, 5.74) is 2.85. The average molecular weight is 258 g/mol. The van der Waals surface area contributed by atoms with Gasteiger partial charge in [-0.05, 0) is 31.5 Å². The van der Waals surface area contributed by atoms with Crippen molar-refractivity contribution in [3.8, 4) is 11.5 Å². The van der Waals surface area contributed by atoms with Crippen LogP contribution in [0.2, 0.25) is 0 Å². The molecule has 1 aromatic carbocycles. The number of aromatic hydroxyl groups is 2. The lowest BCUT2D eigenvalue weighted by Gasteiger charge is -2.15. The van der Waals surface area contributed by atoms with Crippen molar-refractivity contribution >= 4 is 0 Å². The van der Waals surface area contributed by atoms with Crippen LogP contribution in [0.5, 0.6) is 11.5 Å². The van der Waals surface area contributed by atoms with Crippen LogP contribution in [0, 0.1) is 6.92 Å². The molecule has 2 aromatic rings. The van der Waals surface area contributed by atoms with Crippen LogP contribution in [0.25, 0.3) is 0 Å². The van der Waals surface area contributed by atoms with E-state index < -0.39 is 0 Å². The Bertz CT molecular complexity index is 553. The summed E-state index contributed by atoms with van der Waals surface area (Å²) < 4.78 is 0. The average Bonchev–Trinajstić information content (AvgIpc) is 2.37. The van der Waals surface area contributed by atoms with Gasteiger partial charge in [0.15, 0.2) is 0 Å². The number of nitrogens with zero attached hydrogens (tertiary/aromatic N) is 1. The third-order valence-electron chi connectivity index (χ3n) is 3.07. The lowest BCUT2D eigenvalue weighted by molar-refractivity contribution is 0.436. The smallest absolute Gasteiger partial charge is 0.124 e. The quantitative estimate of drug-likeness (QED) is 0.788. The van der Waals surface area contributed by atoms with E-state index >= 15 is 0 Å². The van der Waals surface area contributed by atoms with Crippen molar-refractivity contribution in [2.75, 3.05) is 0 Å². The van der Waals surface area contributed by atoms with Crippen molar-refractivity contribution in [3.05, 3.63) is 53.3 Å². The van der Waals surface area contributed by atoms with E-state index in [1.807, 2.05) is 32.2 Å². The van der Waals surface area contributed by atoms with Gasteiger partial charge in [0, 0.05) is 36.1 Å². The van der Waals surface area contributed by atoms with Crippen molar-refractivity contribution in [3.63, 3.8) is 0 Å². The fourth-order valence-corrected chi connectivity index (χ4v) is 1.88. The molecule has 0 saturated carbocycles. The van der Waals surface area contributed by atoms with E-state index in [9.17, 15) is 10.2 Å². The second kappa shape index (κ2) is 5.71. The highest BCUT2D eigenvalue weighted by Gasteiger charge is 2.10. The van der Waals surface area contributed by atoms with Gasteiger partial charge in [-0.15, -0.1) is 0 Å². The Kier molecular flexibility index (Phi) is 4.02. The van der Waals surface area contributed by atoms with Crippen LogP contribution in [-0.4, -0.2) is 15.2 Å². The normalized spacial score (nSPS) is 12.3. The molecule has 19 heavy (non-hydrogen) atoms. The lowest BCUT2D eigenvalue weighted by atomic mass is 10.1. The molecule has 4 nitrogen and oxygen atoms in total. The van der Waals surface area contributed by atoms with Gasteiger partial charge < -0.3 is 15.5 Å². The van der Waals surface area contributed by atoms with Gasteiger partial charge in [-0.3, -0.25) is 4.98 Å². The summed E-state index contributed by atoms with van der Waals surface area (Å²) in [7, 11) is 0. The molecule has 1 aromatic heterocycles. The van der Waals surface area contributed by atoms with Crippen LogP contribution in [0.15, 0.2) is 36.5 Å². The molecule has 0 aliphatic rings. The van der Waals surface area contributed by atoms with E-state index in [0.717, 1.165) is 16.8 Å². The second-order valence-electron chi connectivity index (χ2n) is 4.65. The molecule has 1 atom stereocenters. The summed E-state index contributed by atoms with van der Waals surface area (Å²) in [5.74, 6) is 0.165. The molecule has 0 saturated heterocycles. The van der Waals surface area contributed by atoms with Crippen molar-refractivity contribution in [2.24, 2.45) is 0 Å². The van der Waals surface area contributed by atoms with E-state index in [-0.39, 0.29) is 17.5 Å². The van der Waals surface area contributed by atoms with Gasteiger partial charge in [0.25, 0.3) is 0 Å². The number of rotatable bonds is 4. The first-order valence-corrected chi connectivity index (χ1v) is 6.23. The number of hydrogen-bond donors (Lipinski definition) is 3. The zero-order chi connectivity index (χ0) is 13.8. The van der Waals surface area contributed by atoms with Crippen LogP contribution in [0.1, 0.15) is 29.8 Å². The number of benzene rings is 1. The molecule has 0 spiro atoms. The first kappa shape index (κ1) is 13.4. The molecular formula is C15H18N2O2. The van der Waals surface area contributed by atoms with Gasteiger partial charge in [-0.25, -0.2) is 0 Å². The van der Waals surface area contributed by atoms with Gasteiger partial charge in [-0.1, -0.05) is 12.1 Å². The number of phenols is 2. The molecule has 4 heteroatoms. The highest BCUT2D eigenvalue weighted by molar-refractivity contribution is 5.40. The molecule has 0 bridgehead atoms. The predicted molar refractivity (Wildman–Crippen MR) is 74.0 cm³/mol. The first-order valence-electron chi connectivity index (χ1n) is 6.23. The largest absolute Gasteiger partial charge is 0.508 e. The minimum absolute atomic E-state index is 0.0121. The van der Waals surface area contributed by atoms with Gasteiger partial charge in [0.2, 0.25) is 0 Å². The van der Waals surface area contributed by atoms with Crippen molar-refractivity contribution in [1.82, 2.24) is 10.3 Å². The SMILES string of the molecule is Cc1ccc(CNC(C)c2ccc(O)cc2O)cn1. The molecule has 3 N–H and O–H groups in total. The number of pyridine rings is 1. The van der Waals surface area contributed by atoms with E-state index in [0.29, 0.717) is 6.54 Å². The summed E-state index contributed by atoms with van der Waals surface area (Å²) in [6.07, 6.45) is 1.84. The minimum atomic E-state index is -0.0121. The molecule has 0 amide bonds. The van der Waals surface area contributed by atoms with Gasteiger partial charge in [0.05, 0.1) is 0 Å². The maximum Gasteiger partial charge on any atom is 0.124 e. The van der Waals surface area contributed by atoms with Gasteiger partial charge in [-0.2, -0.15) is 0 Å². The Morgan fingerprint density at radius 3 is 2.63 bits per heavy atom. The Morgan fingerprint density at radius 2 is 2.00 bits per heavy atom. The summed E-state index contributed by atoms with van der Waals surface area (Å²) >= 11 is 0. The number of aromatic nitrogens is 1. The predicted octanol–water partition coefficient (Wildman–Crippen LogP) is 2.65. The lowest BCUT2D eigenvalue weighted by Crippen LogP contribution is -2.18.